The average Bonchev–Trinajstić information content (AvgIpc) is 2.27. The maximum absolute atomic E-state index is 12.1. The van der Waals surface area contributed by atoms with Crippen LogP contribution in [0.5, 0.6) is 5.75 Å². The second-order valence-electron chi connectivity index (χ2n) is 5.51. The molecule has 2 rings (SSSR count). The highest BCUT2D eigenvalue weighted by atomic mass is 16.6. The number of rotatable bonds is 1. The van der Waals surface area contributed by atoms with Crippen LogP contribution in [0.25, 0.3) is 0 Å². The number of ether oxygens (including phenoxy) is 2. The first kappa shape index (κ1) is 12.9. The second-order valence-corrected chi connectivity index (χ2v) is 5.51. The summed E-state index contributed by atoms with van der Waals surface area (Å²) in [4.78, 5) is 12.1. The molecule has 0 aliphatic carbocycles. The molecule has 1 heterocycles. The van der Waals surface area contributed by atoms with Crippen molar-refractivity contribution in [2.24, 2.45) is 11.7 Å². The summed E-state index contributed by atoms with van der Waals surface area (Å²) in [7, 11) is 0. The molecular weight excluding hydrogens is 230 g/mol. The number of carbonyl (C=O) groups excluding carboxylic acids is 1. The van der Waals surface area contributed by atoms with Crippen molar-refractivity contribution in [2.75, 3.05) is 6.61 Å². The number of esters is 1. The molecule has 2 N–H and O–H groups in total. The maximum atomic E-state index is 12.1. The molecule has 4 heteroatoms. The minimum Gasteiger partial charge on any atom is -0.492 e. The number of hydrogen-bond acceptors (Lipinski definition) is 4. The maximum Gasteiger partial charge on any atom is 0.314 e. The summed E-state index contributed by atoms with van der Waals surface area (Å²) in [5.41, 5.74) is 6.48. The Balaban J connectivity index is 2.17. The van der Waals surface area contributed by atoms with Gasteiger partial charge in [0.15, 0.2) is 0 Å². The molecule has 0 aromatic heterocycles. The molecule has 0 amide bonds. The van der Waals surface area contributed by atoms with Crippen LogP contribution < -0.4 is 10.5 Å². The van der Waals surface area contributed by atoms with Crippen molar-refractivity contribution >= 4 is 5.97 Å². The summed E-state index contributed by atoms with van der Waals surface area (Å²) in [6.45, 7) is 5.79. The molecule has 0 bridgehead atoms. The molecule has 0 unspecified atom stereocenters. The van der Waals surface area contributed by atoms with Crippen LogP contribution in [0.2, 0.25) is 0 Å². The fourth-order valence-electron chi connectivity index (χ4n) is 1.98. The molecule has 2 atom stereocenters. The van der Waals surface area contributed by atoms with Crippen molar-refractivity contribution in [3.63, 3.8) is 0 Å². The van der Waals surface area contributed by atoms with E-state index >= 15 is 0 Å². The van der Waals surface area contributed by atoms with Crippen molar-refractivity contribution in [2.45, 2.75) is 32.4 Å². The Morgan fingerprint density at radius 2 is 2.06 bits per heavy atom. The Kier molecular flexibility index (Phi) is 3.30. The van der Waals surface area contributed by atoms with E-state index in [1.54, 1.807) is 0 Å². The van der Waals surface area contributed by atoms with E-state index in [1.807, 2.05) is 45.0 Å². The van der Waals surface area contributed by atoms with Gasteiger partial charge in [-0.15, -0.1) is 0 Å². The Morgan fingerprint density at radius 1 is 1.39 bits per heavy atom. The van der Waals surface area contributed by atoms with Gasteiger partial charge < -0.3 is 15.2 Å². The number of nitrogens with two attached hydrogens (primary N) is 1. The monoisotopic (exact) mass is 249 g/mol. The molecule has 0 saturated heterocycles. The van der Waals surface area contributed by atoms with Gasteiger partial charge in [-0.05, 0) is 26.8 Å². The molecule has 1 aliphatic rings. The molecule has 0 spiro atoms. The Labute approximate surface area is 107 Å². The van der Waals surface area contributed by atoms with E-state index in [-0.39, 0.29) is 18.6 Å². The third-order valence-electron chi connectivity index (χ3n) is 2.84. The lowest BCUT2D eigenvalue weighted by atomic mass is 9.91. The van der Waals surface area contributed by atoms with Crippen molar-refractivity contribution < 1.29 is 14.3 Å². The topological polar surface area (TPSA) is 61.5 Å². The van der Waals surface area contributed by atoms with E-state index in [0.717, 1.165) is 11.3 Å². The zero-order valence-electron chi connectivity index (χ0n) is 11.0. The molecule has 0 radical (unpaired) electrons. The van der Waals surface area contributed by atoms with Gasteiger partial charge in [-0.2, -0.15) is 0 Å². The highest BCUT2D eigenvalue weighted by molar-refractivity contribution is 5.75. The van der Waals surface area contributed by atoms with E-state index in [1.165, 1.54) is 0 Å². The lowest BCUT2D eigenvalue weighted by molar-refractivity contribution is -0.162. The highest BCUT2D eigenvalue weighted by Gasteiger charge is 2.36. The van der Waals surface area contributed by atoms with Gasteiger partial charge in [0, 0.05) is 11.6 Å². The van der Waals surface area contributed by atoms with E-state index in [0.29, 0.717) is 0 Å². The molecule has 18 heavy (non-hydrogen) atoms. The number of fused-ring (bicyclic) bond motifs is 1. The van der Waals surface area contributed by atoms with E-state index in [2.05, 4.69) is 0 Å². The van der Waals surface area contributed by atoms with Gasteiger partial charge in [0.1, 0.15) is 23.9 Å². The van der Waals surface area contributed by atoms with Crippen LogP contribution >= 0.6 is 0 Å². The van der Waals surface area contributed by atoms with Gasteiger partial charge in [-0.3, -0.25) is 4.79 Å². The normalized spacial score (nSPS) is 22.9. The summed E-state index contributed by atoms with van der Waals surface area (Å²) in [6, 6.07) is 7.15. The molecule has 98 valence electrons. The predicted molar refractivity (Wildman–Crippen MR) is 68.2 cm³/mol. The number of hydrogen-bond donors (Lipinski definition) is 1. The Morgan fingerprint density at radius 3 is 2.72 bits per heavy atom. The van der Waals surface area contributed by atoms with Crippen LogP contribution in [0, 0.1) is 5.92 Å². The smallest absolute Gasteiger partial charge is 0.314 e. The summed E-state index contributed by atoms with van der Waals surface area (Å²) < 4.78 is 10.9. The summed E-state index contributed by atoms with van der Waals surface area (Å²) in [5.74, 6) is 0.00781. The Hall–Kier alpha value is -1.55. The number of benzene rings is 1. The van der Waals surface area contributed by atoms with Crippen LogP contribution in [-0.4, -0.2) is 18.2 Å². The molecule has 1 aromatic rings. The minimum atomic E-state index is -0.506. The lowest BCUT2D eigenvalue weighted by Gasteiger charge is -2.31. The van der Waals surface area contributed by atoms with Crippen LogP contribution in [-0.2, 0) is 9.53 Å². The van der Waals surface area contributed by atoms with Gasteiger partial charge in [0.25, 0.3) is 0 Å². The third-order valence-corrected chi connectivity index (χ3v) is 2.84. The summed E-state index contributed by atoms with van der Waals surface area (Å²) >= 11 is 0. The molecule has 0 fully saturated rings. The van der Waals surface area contributed by atoms with Crippen molar-refractivity contribution in [1.29, 1.82) is 0 Å². The van der Waals surface area contributed by atoms with Crippen molar-refractivity contribution in [3.05, 3.63) is 29.8 Å². The van der Waals surface area contributed by atoms with Gasteiger partial charge in [-0.25, -0.2) is 0 Å². The van der Waals surface area contributed by atoms with Gasteiger partial charge >= 0.3 is 5.97 Å². The summed E-state index contributed by atoms with van der Waals surface area (Å²) in [5, 5.41) is 0. The molecule has 1 aromatic carbocycles. The number of para-hydroxylation sites is 1. The first-order valence-electron chi connectivity index (χ1n) is 6.08. The average molecular weight is 249 g/mol. The van der Waals surface area contributed by atoms with E-state index < -0.39 is 11.5 Å². The first-order chi connectivity index (χ1) is 8.38. The number of carbonyl (C=O) groups is 1. The lowest BCUT2D eigenvalue weighted by Crippen LogP contribution is -2.40. The quantitative estimate of drug-likeness (QED) is 0.774. The molecule has 1 aliphatic heterocycles. The van der Waals surface area contributed by atoms with Crippen LogP contribution in [0.3, 0.4) is 0 Å². The van der Waals surface area contributed by atoms with E-state index in [4.69, 9.17) is 15.2 Å². The largest absolute Gasteiger partial charge is 0.492 e. The SMILES string of the molecule is CC(C)(C)OC(=O)[C@@H]1COc2ccccc2[C@@H]1N. The van der Waals surface area contributed by atoms with Crippen LogP contribution in [0.15, 0.2) is 24.3 Å². The molecule has 0 saturated carbocycles. The highest BCUT2D eigenvalue weighted by Crippen LogP contribution is 2.34. The fourth-order valence-corrected chi connectivity index (χ4v) is 1.98. The zero-order valence-corrected chi connectivity index (χ0v) is 11.0. The van der Waals surface area contributed by atoms with Gasteiger partial charge in [0.05, 0.1) is 0 Å². The fraction of sp³-hybridized carbons (Fsp3) is 0.500. The van der Waals surface area contributed by atoms with Gasteiger partial charge in [-0.1, -0.05) is 18.2 Å². The second kappa shape index (κ2) is 4.61. The standard InChI is InChI=1S/C14H19NO3/c1-14(2,3)18-13(16)10-8-17-11-7-5-4-6-9(11)12(10)15/h4-7,10,12H,8,15H2,1-3H3/t10-,12+/m1/s1. The molecular formula is C14H19NO3. The zero-order chi connectivity index (χ0) is 13.3. The predicted octanol–water partition coefficient (Wildman–Crippen LogP) is 2.04. The van der Waals surface area contributed by atoms with E-state index in [9.17, 15) is 4.79 Å². The minimum absolute atomic E-state index is 0.271. The first-order valence-corrected chi connectivity index (χ1v) is 6.08. The Bertz CT molecular complexity index is 451. The summed E-state index contributed by atoms with van der Waals surface area (Å²) in [6.07, 6.45) is 0. The molecule has 4 nitrogen and oxygen atoms in total. The van der Waals surface area contributed by atoms with Gasteiger partial charge in [0.2, 0.25) is 0 Å². The van der Waals surface area contributed by atoms with Crippen LogP contribution in [0.4, 0.5) is 0 Å². The van der Waals surface area contributed by atoms with Crippen molar-refractivity contribution in [3.8, 4) is 5.75 Å². The third kappa shape index (κ3) is 2.64. The van der Waals surface area contributed by atoms with Crippen LogP contribution in [0.1, 0.15) is 32.4 Å². The van der Waals surface area contributed by atoms with Crippen molar-refractivity contribution in [1.82, 2.24) is 0 Å².